The van der Waals surface area contributed by atoms with E-state index >= 15 is 0 Å². The molecule has 0 aromatic heterocycles. The van der Waals surface area contributed by atoms with Crippen LogP contribution in [0.2, 0.25) is 0 Å². The first-order valence-electron chi connectivity index (χ1n) is 7.34. The minimum atomic E-state index is -0.0404. The van der Waals surface area contributed by atoms with Crippen LogP contribution >= 0.6 is 0 Å². The van der Waals surface area contributed by atoms with E-state index < -0.39 is 0 Å². The monoisotopic (exact) mass is 290 g/mol. The van der Waals surface area contributed by atoms with E-state index in [1.54, 1.807) is 0 Å². The number of amides is 2. The average Bonchev–Trinajstić information content (AvgIpc) is 2.35. The second kappa shape index (κ2) is 7.25. The van der Waals surface area contributed by atoms with E-state index in [1.807, 2.05) is 58.9 Å². The minimum Gasteiger partial charge on any atom is -0.352 e. The van der Waals surface area contributed by atoms with Crippen molar-refractivity contribution < 1.29 is 9.59 Å². The quantitative estimate of drug-likeness (QED) is 0.874. The molecule has 0 radical (unpaired) electrons. The van der Waals surface area contributed by atoms with Gasteiger partial charge in [-0.25, -0.2) is 0 Å². The third-order valence-electron chi connectivity index (χ3n) is 2.93. The summed E-state index contributed by atoms with van der Waals surface area (Å²) in [5.74, 6) is 0.0160. The molecule has 4 nitrogen and oxygen atoms in total. The molecule has 4 heteroatoms. The van der Waals surface area contributed by atoms with Crippen LogP contribution in [-0.2, 0) is 16.1 Å². The smallest absolute Gasteiger partial charge is 0.226 e. The molecule has 1 aromatic carbocycles. The molecule has 116 valence electrons. The largest absolute Gasteiger partial charge is 0.352 e. The van der Waals surface area contributed by atoms with E-state index in [0.29, 0.717) is 13.0 Å². The zero-order chi connectivity index (χ0) is 16.0. The molecule has 1 aromatic rings. The van der Waals surface area contributed by atoms with Crippen molar-refractivity contribution in [3.63, 3.8) is 0 Å². The van der Waals surface area contributed by atoms with Gasteiger partial charge in [-0.15, -0.1) is 0 Å². The second-order valence-corrected chi connectivity index (χ2v) is 6.86. The summed E-state index contributed by atoms with van der Waals surface area (Å²) in [4.78, 5) is 23.3. The Morgan fingerprint density at radius 2 is 1.67 bits per heavy atom. The summed E-state index contributed by atoms with van der Waals surface area (Å²) in [5, 5.41) is 5.75. The van der Waals surface area contributed by atoms with Crippen molar-refractivity contribution in [1.29, 1.82) is 0 Å². The summed E-state index contributed by atoms with van der Waals surface area (Å²) >= 11 is 0. The number of nitrogens with one attached hydrogen (secondary N) is 2. The average molecular weight is 290 g/mol. The van der Waals surface area contributed by atoms with Crippen LogP contribution in [-0.4, -0.2) is 11.8 Å². The van der Waals surface area contributed by atoms with E-state index in [4.69, 9.17) is 0 Å². The summed E-state index contributed by atoms with van der Waals surface area (Å²) in [6.07, 6.45) is 0.509. The van der Waals surface area contributed by atoms with Crippen LogP contribution in [0.15, 0.2) is 24.3 Å². The molecule has 0 saturated carbocycles. The van der Waals surface area contributed by atoms with Crippen molar-refractivity contribution in [3.8, 4) is 0 Å². The van der Waals surface area contributed by atoms with Gasteiger partial charge in [0, 0.05) is 24.6 Å². The normalized spacial score (nSPS) is 11.3. The lowest BCUT2D eigenvalue weighted by Crippen LogP contribution is -2.27. The SMILES string of the molecule is CC(C)C(=O)Nc1ccc(CNC(=O)CC(C)(C)C)cc1. The summed E-state index contributed by atoms with van der Waals surface area (Å²) in [6, 6.07) is 7.53. The van der Waals surface area contributed by atoms with Crippen molar-refractivity contribution in [2.45, 2.75) is 47.6 Å². The molecule has 0 bridgehead atoms. The number of carbonyl (C=O) groups excluding carboxylic acids is 2. The standard InChI is InChI=1S/C17H26N2O2/c1-12(2)16(21)19-14-8-6-13(7-9-14)11-18-15(20)10-17(3,4)5/h6-9,12H,10-11H2,1-5H3,(H,18,20)(H,19,21). The number of rotatable bonds is 5. The molecule has 21 heavy (non-hydrogen) atoms. The van der Waals surface area contributed by atoms with E-state index in [0.717, 1.165) is 11.3 Å². The molecule has 0 heterocycles. The Morgan fingerprint density at radius 3 is 2.14 bits per heavy atom. The lowest BCUT2D eigenvalue weighted by molar-refractivity contribution is -0.123. The van der Waals surface area contributed by atoms with Crippen molar-refractivity contribution in [2.75, 3.05) is 5.32 Å². The van der Waals surface area contributed by atoms with E-state index in [-0.39, 0.29) is 23.1 Å². The molecular formula is C17H26N2O2. The molecule has 0 aliphatic carbocycles. The van der Waals surface area contributed by atoms with Crippen LogP contribution < -0.4 is 10.6 Å². The first kappa shape index (κ1) is 17.2. The van der Waals surface area contributed by atoms with Crippen LogP contribution in [0.25, 0.3) is 0 Å². The van der Waals surface area contributed by atoms with Crippen molar-refractivity contribution in [1.82, 2.24) is 5.32 Å². The van der Waals surface area contributed by atoms with Gasteiger partial charge in [0.25, 0.3) is 0 Å². The number of carbonyl (C=O) groups is 2. The molecule has 2 N–H and O–H groups in total. The number of benzene rings is 1. The summed E-state index contributed by atoms with van der Waals surface area (Å²) in [6.45, 7) is 10.3. The number of hydrogen-bond donors (Lipinski definition) is 2. The summed E-state index contributed by atoms with van der Waals surface area (Å²) < 4.78 is 0. The van der Waals surface area contributed by atoms with Gasteiger partial charge in [0.05, 0.1) is 0 Å². The maximum absolute atomic E-state index is 11.8. The van der Waals surface area contributed by atoms with E-state index in [2.05, 4.69) is 10.6 Å². The molecule has 0 spiro atoms. The molecule has 0 aliphatic rings. The van der Waals surface area contributed by atoms with Gasteiger partial charge in [-0.05, 0) is 23.1 Å². The van der Waals surface area contributed by atoms with Gasteiger partial charge in [-0.3, -0.25) is 9.59 Å². The van der Waals surface area contributed by atoms with Crippen LogP contribution in [0.3, 0.4) is 0 Å². The van der Waals surface area contributed by atoms with Crippen LogP contribution in [0.5, 0.6) is 0 Å². The molecule has 0 saturated heterocycles. The Balaban J connectivity index is 2.48. The van der Waals surface area contributed by atoms with Gasteiger partial charge in [0.1, 0.15) is 0 Å². The molecular weight excluding hydrogens is 264 g/mol. The molecule has 0 atom stereocenters. The first-order chi connectivity index (χ1) is 9.67. The van der Waals surface area contributed by atoms with Crippen LogP contribution in [0, 0.1) is 11.3 Å². The molecule has 0 fully saturated rings. The van der Waals surface area contributed by atoms with Crippen molar-refractivity contribution >= 4 is 17.5 Å². The third-order valence-corrected chi connectivity index (χ3v) is 2.93. The van der Waals surface area contributed by atoms with Gasteiger partial charge in [0.15, 0.2) is 0 Å². The van der Waals surface area contributed by atoms with Crippen molar-refractivity contribution in [3.05, 3.63) is 29.8 Å². The molecule has 0 unspecified atom stereocenters. The predicted molar refractivity (Wildman–Crippen MR) is 85.8 cm³/mol. The Hall–Kier alpha value is -1.84. The maximum Gasteiger partial charge on any atom is 0.226 e. The highest BCUT2D eigenvalue weighted by molar-refractivity contribution is 5.92. The van der Waals surface area contributed by atoms with E-state index in [9.17, 15) is 9.59 Å². The fourth-order valence-electron chi connectivity index (χ4n) is 1.74. The zero-order valence-corrected chi connectivity index (χ0v) is 13.6. The molecule has 1 rings (SSSR count). The van der Waals surface area contributed by atoms with Gasteiger partial charge in [0.2, 0.25) is 11.8 Å². The number of anilines is 1. The molecule has 2 amide bonds. The summed E-state index contributed by atoms with van der Waals surface area (Å²) in [7, 11) is 0. The Bertz CT molecular complexity index is 485. The zero-order valence-electron chi connectivity index (χ0n) is 13.6. The van der Waals surface area contributed by atoms with Crippen LogP contribution in [0.4, 0.5) is 5.69 Å². The highest BCUT2D eigenvalue weighted by atomic mass is 16.2. The van der Waals surface area contributed by atoms with Gasteiger partial charge in [-0.2, -0.15) is 0 Å². The predicted octanol–water partition coefficient (Wildman–Crippen LogP) is 3.33. The second-order valence-electron chi connectivity index (χ2n) is 6.86. The van der Waals surface area contributed by atoms with E-state index in [1.165, 1.54) is 0 Å². The molecule has 0 aliphatic heterocycles. The van der Waals surface area contributed by atoms with Gasteiger partial charge < -0.3 is 10.6 Å². The fourth-order valence-corrected chi connectivity index (χ4v) is 1.74. The summed E-state index contributed by atoms with van der Waals surface area (Å²) in [5.41, 5.74) is 1.79. The topological polar surface area (TPSA) is 58.2 Å². The lowest BCUT2D eigenvalue weighted by atomic mass is 9.92. The Labute approximate surface area is 127 Å². The van der Waals surface area contributed by atoms with Crippen molar-refractivity contribution in [2.24, 2.45) is 11.3 Å². The van der Waals surface area contributed by atoms with Crippen LogP contribution in [0.1, 0.15) is 46.6 Å². The van der Waals surface area contributed by atoms with Gasteiger partial charge >= 0.3 is 0 Å². The third kappa shape index (κ3) is 6.93. The Morgan fingerprint density at radius 1 is 1.10 bits per heavy atom. The van der Waals surface area contributed by atoms with Gasteiger partial charge in [-0.1, -0.05) is 46.8 Å². The minimum absolute atomic E-state index is 0.00114. The first-order valence-corrected chi connectivity index (χ1v) is 7.34. The lowest BCUT2D eigenvalue weighted by Gasteiger charge is -2.17. The number of hydrogen-bond acceptors (Lipinski definition) is 2. The Kier molecular flexibility index (Phi) is 5.94. The fraction of sp³-hybridized carbons (Fsp3) is 0.529. The highest BCUT2D eigenvalue weighted by Gasteiger charge is 2.15. The maximum atomic E-state index is 11.8. The highest BCUT2D eigenvalue weighted by Crippen LogP contribution is 2.18.